The molecule has 1 aromatic carbocycles. The molecule has 128 valence electrons. The van der Waals surface area contributed by atoms with Crippen molar-refractivity contribution in [1.29, 1.82) is 0 Å². The summed E-state index contributed by atoms with van der Waals surface area (Å²) in [6, 6.07) is 4.53. The molecule has 5 nitrogen and oxygen atoms in total. The molecule has 1 atom stereocenters. The number of nitrogens with two attached hydrogens (primary N) is 2. The Morgan fingerprint density at radius 2 is 2.00 bits per heavy atom. The van der Waals surface area contributed by atoms with Gasteiger partial charge in [-0.25, -0.2) is 4.98 Å². The van der Waals surface area contributed by atoms with Crippen LogP contribution in [0.2, 0.25) is 10.0 Å². The topological polar surface area (TPSA) is 94.0 Å². The summed E-state index contributed by atoms with van der Waals surface area (Å²) in [7, 11) is 0. The molecule has 1 heterocycles. The first-order valence-electron chi connectivity index (χ1n) is 6.13. The molecule has 0 saturated heterocycles. The Hall–Kier alpha value is -0.760. The maximum Gasteiger partial charge on any atom is 0.237 e. The van der Waals surface area contributed by atoms with Gasteiger partial charge in [-0.3, -0.25) is 4.79 Å². The largest absolute Gasteiger partial charge is 0.375 e. The minimum absolute atomic E-state index is 0. The molecule has 5 N–H and O–H groups in total. The fraction of sp³-hybridized carbons (Fsp3) is 0.231. The average molecular weight is 418 g/mol. The number of carbonyl (C=O) groups is 1. The van der Waals surface area contributed by atoms with Crippen LogP contribution in [0.5, 0.6) is 0 Å². The van der Waals surface area contributed by atoms with E-state index in [4.69, 9.17) is 34.7 Å². The first-order valence-corrected chi connectivity index (χ1v) is 7.70. The van der Waals surface area contributed by atoms with E-state index >= 15 is 0 Å². The van der Waals surface area contributed by atoms with E-state index in [9.17, 15) is 4.79 Å². The van der Waals surface area contributed by atoms with E-state index in [0.29, 0.717) is 28.1 Å². The second kappa shape index (κ2) is 10.2. The third-order valence-corrected chi connectivity index (χ3v) is 4.35. The molecule has 0 saturated carbocycles. The molecule has 0 spiro atoms. The van der Waals surface area contributed by atoms with Gasteiger partial charge in [0.2, 0.25) is 5.91 Å². The van der Waals surface area contributed by atoms with Crippen molar-refractivity contribution in [3.63, 3.8) is 0 Å². The molecule has 0 aliphatic rings. The number of rotatable bonds is 5. The standard InChI is InChI=1S/C13H14Cl2N4OS.2ClH/c14-9-2-1-7(3-10(9)15)4-11(16)12(20)18-5-8-6-19-13(17)21-8;;/h1-3,6,11H,4-5,16H2,(H2,17,19)(H,18,20);2*1H/t11-;;/m0../s1. The van der Waals surface area contributed by atoms with Crippen molar-refractivity contribution in [2.75, 3.05) is 5.73 Å². The smallest absolute Gasteiger partial charge is 0.237 e. The van der Waals surface area contributed by atoms with Crippen LogP contribution in [-0.2, 0) is 17.8 Å². The minimum Gasteiger partial charge on any atom is -0.375 e. The van der Waals surface area contributed by atoms with Gasteiger partial charge in [-0.1, -0.05) is 29.3 Å². The number of nitrogens with zero attached hydrogens (tertiary/aromatic N) is 1. The van der Waals surface area contributed by atoms with Gasteiger partial charge in [-0.2, -0.15) is 0 Å². The van der Waals surface area contributed by atoms with E-state index < -0.39 is 6.04 Å². The van der Waals surface area contributed by atoms with Crippen LogP contribution >= 0.6 is 59.4 Å². The fourth-order valence-electron chi connectivity index (χ4n) is 1.72. The first kappa shape index (κ1) is 22.2. The van der Waals surface area contributed by atoms with Crippen LogP contribution in [-0.4, -0.2) is 16.9 Å². The van der Waals surface area contributed by atoms with Gasteiger partial charge < -0.3 is 16.8 Å². The molecular formula is C13H16Cl4N4OS. The molecule has 2 aromatic rings. The number of nitrogens with one attached hydrogen (secondary N) is 1. The molecule has 0 fully saturated rings. The van der Waals surface area contributed by atoms with Crippen molar-refractivity contribution in [2.45, 2.75) is 19.0 Å². The van der Waals surface area contributed by atoms with Crippen LogP contribution in [0.1, 0.15) is 10.4 Å². The van der Waals surface area contributed by atoms with Gasteiger partial charge >= 0.3 is 0 Å². The van der Waals surface area contributed by atoms with Gasteiger partial charge in [0.15, 0.2) is 5.13 Å². The number of anilines is 1. The predicted molar refractivity (Wildman–Crippen MR) is 101 cm³/mol. The lowest BCUT2D eigenvalue weighted by Crippen LogP contribution is -2.41. The highest BCUT2D eigenvalue weighted by Crippen LogP contribution is 2.23. The lowest BCUT2D eigenvalue weighted by molar-refractivity contribution is -0.122. The number of amides is 1. The number of aromatic nitrogens is 1. The summed E-state index contributed by atoms with van der Waals surface area (Å²) < 4.78 is 0. The normalized spacial score (nSPS) is 11.1. The molecule has 0 aliphatic heterocycles. The van der Waals surface area contributed by atoms with Gasteiger partial charge in [-0.15, -0.1) is 36.2 Å². The summed E-state index contributed by atoms with van der Waals surface area (Å²) in [4.78, 5) is 16.7. The number of thiazole rings is 1. The zero-order valence-electron chi connectivity index (χ0n) is 11.8. The number of hydrogen-bond donors (Lipinski definition) is 3. The third kappa shape index (κ3) is 6.71. The summed E-state index contributed by atoms with van der Waals surface area (Å²) >= 11 is 13.1. The average Bonchev–Trinajstić information content (AvgIpc) is 2.86. The van der Waals surface area contributed by atoms with E-state index in [0.717, 1.165) is 10.4 Å². The minimum atomic E-state index is -0.660. The van der Waals surface area contributed by atoms with Gasteiger partial charge in [0.1, 0.15) is 0 Å². The van der Waals surface area contributed by atoms with Crippen molar-refractivity contribution in [3.05, 3.63) is 44.9 Å². The summed E-state index contributed by atoms with van der Waals surface area (Å²) in [5, 5.41) is 4.14. The summed E-state index contributed by atoms with van der Waals surface area (Å²) in [5.41, 5.74) is 12.3. The van der Waals surface area contributed by atoms with E-state index in [1.54, 1.807) is 24.4 Å². The Bertz CT molecular complexity index is 653. The second-order valence-electron chi connectivity index (χ2n) is 4.44. The zero-order chi connectivity index (χ0) is 15.4. The first-order chi connectivity index (χ1) is 9.95. The molecule has 0 bridgehead atoms. The number of benzene rings is 1. The predicted octanol–water partition coefficient (Wildman–Crippen LogP) is 3.06. The van der Waals surface area contributed by atoms with Gasteiger partial charge in [0.05, 0.1) is 22.6 Å². The Morgan fingerprint density at radius 1 is 1.30 bits per heavy atom. The monoisotopic (exact) mass is 416 g/mol. The Kier molecular flexibility index (Phi) is 9.84. The molecule has 23 heavy (non-hydrogen) atoms. The number of nitrogen functional groups attached to an aromatic ring is 1. The molecule has 0 radical (unpaired) electrons. The molecule has 2 rings (SSSR count). The van der Waals surface area contributed by atoms with E-state index in [1.165, 1.54) is 11.3 Å². The van der Waals surface area contributed by atoms with Crippen molar-refractivity contribution in [1.82, 2.24) is 10.3 Å². The summed E-state index contributed by atoms with van der Waals surface area (Å²) in [6.45, 7) is 0.364. The SMILES string of the molecule is Cl.Cl.Nc1ncc(CNC(=O)[C@@H](N)Cc2ccc(Cl)c(Cl)c2)s1. The highest BCUT2D eigenvalue weighted by molar-refractivity contribution is 7.15. The van der Waals surface area contributed by atoms with Crippen molar-refractivity contribution >= 4 is 70.4 Å². The van der Waals surface area contributed by atoms with Crippen LogP contribution in [0.4, 0.5) is 5.13 Å². The maximum atomic E-state index is 11.9. The molecule has 0 unspecified atom stereocenters. The summed E-state index contributed by atoms with van der Waals surface area (Å²) in [5.74, 6) is -0.243. The van der Waals surface area contributed by atoms with Crippen molar-refractivity contribution in [2.24, 2.45) is 5.73 Å². The van der Waals surface area contributed by atoms with Gasteiger partial charge in [0.25, 0.3) is 0 Å². The Balaban J connectivity index is 0.00000242. The summed E-state index contributed by atoms with van der Waals surface area (Å²) in [6.07, 6.45) is 2.01. The van der Waals surface area contributed by atoms with E-state index in [1.807, 2.05) is 0 Å². The molecular weight excluding hydrogens is 402 g/mol. The van der Waals surface area contributed by atoms with Crippen LogP contribution in [0.3, 0.4) is 0 Å². The Labute approximate surface area is 160 Å². The number of carbonyl (C=O) groups excluding carboxylic acids is 1. The molecule has 1 aromatic heterocycles. The molecule has 1 amide bonds. The Morgan fingerprint density at radius 3 is 2.57 bits per heavy atom. The highest BCUT2D eigenvalue weighted by atomic mass is 35.5. The van der Waals surface area contributed by atoms with E-state index in [-0.39, 0.29) is 30.7 Å². The molecule has 10 heteroatoms. The quantitative estimate of drug-likeness (QED) is 0.696. The van der Waals surface area contributed by atoms with Crippen LogP contribution in [0.25, 0.3) is 0 Å². The van der Waals surface area contributed by atoms with Crippen LogP contribution < -0.4 is 16.8 Å². The highest BCUT2D eigenvalue weighted by Gasteiger charge is 2.14. The van der Waals surface area contributed by atoms with Crippen LogP contribution in [0, 0.1) is 0 Å². The molecule has 0 aliphatic carbocycles. The third-order valence-electron chi connectivity index (χ3n) is 2.78. The lowest BCUT2D eigenvalue weighted by atomic mass is 10.1. The van der Waals surface area contributed by atoms with Crippen molar-refractivity contribution < 1.29 is 4.79 Å². The number of hydrogen-bond acceptors (Lipinski definition) is 5. The van der Waals surface area contributed by atoms with Gasteiger partial charge in [-0.05, 0) is 24.1 Å². The van der Waals surface area contributed by atoms with Crippen molar-refractivity contribution in [3.8, 4) is 0 Å². The van der Waals surface area contributed by atoms with Crippen LogP contribution in [0.15, 0.2) is 24.4 Å². The second-order valence-corrected chi connectivity index (χ2v) is 6.40. The van der Waals surface area contributed by atoms with Gasteiger partial charge in [0, 0.05) is 11.1 Å². The number of halogens is 4. The zero-order valence-corrected chi connectivity index (χ0v) is 15.8. The maximum absolute atomic E-state index is 11.9. The lowest BCUT2D eigenvalue weighted by Gasteiger charge is -2.12. The van der Waals surface area contributed by atoms with E-state index in [2.05, 4.69) is 10.3 Å². The fourth-order valence-corrected chi connectivity index (χ4v) is 2.67.